The summed E-state index contributed by atoms with van der Waals surface area (Å²) in [5.74, 6) is -0.256. The summed E-state index contributed by atoms with van der Waals surface area (Å²) in [6, 6.07) is 7.57. The monoisotopic (exact) mass is 309 g/mol. The van der Waals surface area contributed by atoms with Gasteiger partial charge in [0.25, 0.3) is 0 Å². The van der Waals surface area contributed by atoms with Crippen molar-refractivity contribution >= 4 is 17.5 Å². The van der Waals surface area contributed by atoms with Crippen LogP contribution < -0.4 is 5.32 Å². The summed E-state index contributed by atoms with van der Waals surface area (Å²) >= 11 is 6.09. The third-order valence-corrected chi connectivity index (χ3v) is 4.71. The highest BCUT2D eigenvalue weighted by Gasteiger charge is 2.41. The number of hydrogen-bond donors (Lipinski definition) is 1. The Morgan fingerprint density at radius 1 is 1.24 bits per heavy atom. The van der Waals surface area contributed by atoms with Gasteiger partial charge in [-0.25, -0.2) is 0 Å². The van der Waals surface area contributed by atoms with Gasteiger partial charge >= 0.3 is 0 Å². The zero-order valence-electron chi connectivity index (χ0n) is 11.9. The van der Waals surface area contributed by atoms with Gasteiger partial charge in [-0.15, -0.1) is 0 Å². The quantitative estimate of drug-likeness (QED) is 0.934. The molecule has 1 saturated carbocycles. The molecule has 1 heterocycles. The summed E-state index contributed by atoms with van der Waals surface area (Å²) in [6.45, 7) is 1.82. The molecule has 0 unspecified atom stereocenters. The van der Waals surface area contributed by atoms with Crippen LogP contribution in [0.15, 0.2) is 24.3 Å². The molecule has 1 aliphatic carbocycles. The van der Waals surface area contributed by atoms with Crippen LogP contribution in [0.3, 0.4) is 0 Å². The molecule has 1 amide bonds. The van der Waals surface area contributed by atoms with Gasteiger partial charge in [0.1, 0.15) is 0 Å². The van der Waals surface area contributed by atoms with Gasteiger partial charge in [0, 0.05) is 30.3 Å². The van der Waals surface area contributed by atoms with E-state index in [4.69, 9.17) is 21.1 Å². The second-order valence-electron chi connectivity index (χ2n) is 5.69. The van der Waals surface area contributed by atoms with Gasteiger partial charge in [0.15, 0.2) is 5.79 Å². The predicted octanol–water partition coefficient (Wildman–Crippen LogP) is 2.89. The highest BCUT2D eigenvalue weighted by Crippen LogP contribution is 2.38. The zero-order chi connectivity index (χ0) is 14.7. The predicted molar refractivity (Wildman–Crippen MR) is 79.9 cm³/mol. The summed E-state index contributed by atoms with van der Waals surface area (Å²) in [6.07, 6.45) is 3.23. The summed E-state index contributed by atoms with van der Waals surface area (Å²) < 4.78 is 11.4. The lowest BCUT2D eigenvalue weighted by Crippen LogP contribution is -2.40. The Hall–Kier alpha value is -1.10. The molecule has 114 valence electrons. The van der Waals surface area contributed by atoms with E-state index in [-0.39, 0.29) is 11.8 Å². The molecule has 1 spiro atoms. The van der Waals surface area contributed by atoms with E-state index in [0.717, 1.165) is 31.2 Å². The van der Waals surface area contributed by atoms with Crippen molar-refractivity contribution in [1.82, 2.24) is 5.32 Å². The number of ether oxygens (including phenoxy) is 2. The van der Waals surface area contributed by atoms with Crippen LogP contribution in [0.4, 0.5) is 0 Å². The molecule has 1 N–H and O–H groups in total. The van der Waals surface area contributed by atoms with Crippen molar-refractivity contribution in [1.29, 1.82) is 0 Å². The maximum atomic E-state index is 12.3. The average Bonchev–Trinajstić information content (AvgIpc) is 2.95. The minimum Gasteiger partial charge on any atom is -0.352 e. The molecule has 5 heteroatoms. The van der Waals surface area contributed by atoms with E-state index in [1.54, 1.807) is 0 Å². The summed E-state index contributed by atoms with van der Waals surface area (Å²) in [5, 5.41) is 3.67. The first-order chi connectivity index (χ1) is 10.2. The summed E-state index contributed by atoms with van der Waals surface area (Å²) in [4.78, 5) is 12.3. The van der Waals surface area contributed by atoms with Crippen LogP contribution in [-0.4, -0.2) is 24.9 Å². The Bertz CT molecular complexity index is 504. The van der Waals surface area contributed by atoms with Crippen LogP contribution in [0, 0.1) is 5.92 Å². The SMILES string of the molecule is O=C(NCc1ccccc1Cl)C1CCC2(CC1)OCCO2. The van der Waals surface area contributed by atoms with Gasteiger partial charge in [0.2, 0.25) is 5.91 Å². The van der Waals surface area contributed by atoms with Gasteiger partial charge in [-0.05, 0) is 24.5 Å². The van der Waals surface area contributed by atoms with Crippen molar-refractivity contribution in [3.8, 4) is 0 Å². The average molecular weight is 310 g/mol. The lowest BCUT2D eigenvalue weighted by Gasteiger charge is -2.34. The van der Waals surface area contributed by atoms with Crippen molar-refractivity contribution in [3.63, 3.8) is 0 Å². The van der Waals surface area contributed by atoms with E-state index < -0.39 is 5.79 Å². The van der Waals surface area contributed by atoms with E-state index in [2.05, 4.69) is 5.32 Å². The Kier molecular flexibility index (Phi) is 4.48. The molecule has 0 radical (unpaired) electrons. The molecule has 4 nitrogen and oxygen atoms in total. The molecular formula is C16H20ClNO3. The minimum atomic E-state index is -0.403. The summed E-state index contributed by atoms with van der Waals surface area (Å²) in [7, 11) is 0. The van der Waals surface area contributed by atoms with Gasteiger partial charge in [-0.3, -0.25) is 4.79 Å². The number of nitrogens with one attached hydrogen (secondary N) is 1. The van der Waals surface area contributed by atoms with Crippen LogP contribution in [0.5, 0.6) is 0 Å². The first kappa shape index (κ1) is 14.8. The third kappa shape index (κ3) is 3.39. The molecule has 21 heavy (non-hydrogen) atoms. The van der Waals surface area contributed by atoms with Gasteiger partial charge in [-0.1, -0.05) is 29.8 Å². The third-order valence-electron chi connectivity index (χ3n) is 4.34. The second kappa shape index (κ2) is 6.34. The van der Waals surface area contributed by atoms with E-state index >= 15 is 0 Å². The molecule has 1 saturated heterocycles. The Morgan fingerprint density at radius 2 is 1.90 bits per heavy atom. The van der Waals surface area contributed by atoms with Gasteiger partial charge < -0.3 is 14.8 Å². The zero-order valence-corrected chi connectivity index (χ0v) is 12.7. The lowest BCUT2D eigenvalue weighted by molar-refractivity contribution is -0.183. The van der Waals surface area contributed by atoms with Gasteiger partial charge in [0.05, 0.1) is 13.2 Å². The van der Waals surface area contributed by atoms with E-state index in [0.29, 0.717) is 24.8 Å². The molecular weight excluding hydrogens is 290 g/mol. The van der Waals surface area contributed by atoms with Crippen molar-refractivity contribution in [2.75, 3.05) is 13.2 Å². The van der Waals surface area contributed by atoms with Gasteiger partial charge in [-0.2, -0.15) is 0 Å². The Labute approximate surface area is 129 Å². The minimum absolute atomic E-state index is 0.0471. The number of carbonyl (C=O) groups excluding carboxylic acids is 1. The Morgan fingerprint density at radius 3 is 2.57 bits per heavy atom. The fraction of sp³-hybridized carbons (Fsp3) is 0.562. The largest absolute Gasteiger partial charge is 0.352 e. The van der Waals surface area contributed by atoms with E-state index in [1.807, 2.05) is 24.3 Å². The number of halogens is 1. The second-order valence-corrected chi connectivity index (χ2v) is 6.10. The number of carbonyl (C=O) groups is 1. The molecule has 1 aromatic carbocycles. The van der Waals surface area contributed by atoms with Crippen LogP contribution in [0.25, 0.3) is 0 Å². The van der Waals surface area contributed by atoms with Crippen LogP contribution in [-0.2, 0) is 20.8 Å². The molecule has 2 fully saturated rings. The first-order valence-corrected chi connectivity index (χ1v) is 7.85. The molecule has 0 bridgehead atoms. The standard InChI is InChI=1S/C16H20ClNO3/c17-14-4-2-1-3-13(14)11-18-15(19)12-5-7-16(8-6-12)20-9-10-21-16/h1-4,12H,5-11H2,(H,18,19). The lowest BCUT2D eigenvalue weighted by atomic mass is 9.84. The van der Waals surface area contributed by atoms with E-state index in [9.17, 15) is 4.79 Å². The molecule has 1 aliphatic heterocycles. The Balaban J connectivity index is 1.49. The van der Waals surface area contributed by atoms with Crippen LogP contribution >= 0.6 is 11.6 Å². The normalized spacial score (nSPS) is 21.6. The van der Waals surface area contributed by atoms with Crippen LogP contribution in [0.1, 0.15) is 31.2 Å². The molecule has 0 atom stereocenters. The van der Waals surface area contributed by atoms with Crippen molar-refractivity contribution in [2.24, 2.45) is 5.92 Å². The van der Waals surface area contributed by atoms with Crippen molar-refractivity contribution in [2.45, 2.75) is 38.0 Å². The molecule has 1 aromatic rings. The maximum Gasteiger partial charge on any atom is 0.223 e. The molecule has 2 aliphatic rings. The number of benzene rings is 1. The highest BCUT2D eigenvalue weighted by atomic mass is 35.5. The molecule has 0 aromatic heterocycles. The fourth-order valence-electron chi connectivity index (χ4n) is 3.07. The topological polar surface area (TPSA) is 47.6 Å². The summed E-state index contributed by atoms with van der Waals surface area (Å²) in [5.41, 5.74) is 0.947. The van der Waals surface area contributed by atoms with Crippen molar-refractivity contribution in [3.05, 3.63) is 34.9 Å². The van der Waals surface area contributed by atoms with Crippen molar-refractivity contribution < 1.29 is 14.3 Å². The maximum absolute atomic E-state index is 12.3. The first-order valence-electron chi connectivity index (χ1n) is 7.48. The number of amides is 1. The van der Waals surface area contributed by atoms with E-state index in [1.165, 1.54) is 0 Å². The number of rotatable bonds is 3. The fourth-order valence-corrected chi connectivity index (χ4v) is 3.28. The smallest absolute Gasteiger partial charge is 0.223 e. The van der Waals surface area contributed by atoms with Crippen LogP contribution in [0.2, 0.25) is 5.02 Å². The number of hydrogen-bond acceptors (Lipinski definition) is 3. The molecule has 3 rings (SSSR count). The highest BCUT2D eigenvalue weighted by molar-refractivity contribution is 6.31.